The first-order valence-corrected chi connectivity index (χ1v) is 8.64. The minimum atomic E-state index is -0.212. The van der Waals surface area contributed by atoms with Gasteiger partial charge in [0.05, 0.1) is 6.07 Å². The maximum atomic E-state index is 10.7. The van der Waals surface area contributed by atoms with E-state index in [2.05, 4.69) is 6.07 Å². The van der Waals surface area contributed by atoms with Gasteiger partial charge in [0.1, 0.15) is 6.29 Å². The Morgan fingerprint density at radius 1 is 1.19 bits per heavy atom. The molecule has 0 fully saturated rings. The summed E-state index contributed by atoms with van der Waals surface area (Å²) >= 11 is 1.63. The molecule has 4 nitrogen and oxygen atoms in total. The molecule has 5 heteroatoms. The largest absolute Gasteiger partial charge is 0.352 e. The normalized spacial score (nSPS) is 11.6. The first-order valence-electron chi connectivity index (χ1n) is 7.65. The molecule has 0 aliphatic rings. The van der Waals surface area contributed by atoms with Crippen molar-refractivity contribution in [3.63, 3.8) is 0 Å². The minimum Gasteiger partial charge on any atom is -0.352 e. The highest BCUT2D eigenvalue weighted by Gasteiger charge is 2.09. The Hall–Kier alpha value is -0.830. The van der Waals surface area contributed by atoms with Crippen LogP contribution in [0.4, 0.5) is 0 Å². The molecule has 0 unspecified atom stereocenters. The highest BCUT2D eigenvalue weighted by Crippen LogP contribution is 2.24. The predicted octanol–water partition coefficient (Wildman–Crippen LogP) is 4.07. The second-order valence-electron chi connectivity index (χ2n) is 4.49. The molecule has 0 aromatic heterocycles. The zero-order chi connectivity index (χ0) is 15.8. The van der Waals surface area contributed by atoms with Crippen LogP contribution in [0.2, 0.25) is 0 Å². The molecule has 0 aromatic rings. The second-order valence-corrected chi connectivity index (χ2v) is 5.64. The van der Waals surface area contributed by atoms with E-state index in [1.165, 1.54) is 0 Å². The van der Waals surface area contributed by atoms with Crippen molar-refractivity contribution in [1.29, 1.82) is 5.26 Å². The fourth-order valence-electron chi connectivity index (χ4n) is 1.83. The summed E-state index contributed by atoms with van der Waals surface area (Å²) in [4.78, 5) is 11.8. The number of ether oxygens (including phenoxy) is 2. The molecule has 0 radical (unpaired) electrons. The molecule has 0 bridgehead atoms. The molecule has 0 rings (SSSR count). The van der Waals surface area contributed by atoms with Crippen LogP contribution in [0.5, 0.6) is 0 Å². The first kappa shape index (κ1) is 20.2. The maximum Gasteiger partial charge on any atom is 0.166 e. The molecular formula is C16H27NO3S. The fourth-order valence-corrected chi connectivity index (χ4v) is 2.81. The van der Waals surface area contributed by atoms with Crippen molar-refractivity contribution in [2.45, 2.75) is 58.7 Å². The van der Waals surface area contributed by atoms with Crippen molar-refractivity contribution >= 4 is 18.0 Å². The van der Waals surface area contributed by atoms with Gasteiger partial charge >= 0.3 is 0 Å². The van der Waals surface area contributed by atoms with Gasteiger partial charge in [-0.05, 0) is 44.1 Å². The van der Waals surface area contributed by atoms with E-state index >= 15 is 0 Å². The van der Waals surface area contributed by atoms with Gasteiger partial charge in [-0.25, -0.2) is 0 Å². The quantitative estimate of drug-likeness (QED) is 0.209. The lowest BCUT2D eigenvalue weighted by Gasteiger charge is -2.17. The SMILES string of the molecule is CCOC(CSC(=CC=O)CCCCCCC#N)OCC. The number of unbranched alkanes of at least 4 members (excludes halogenated alkanes) is 4. The molecule has 0 aliphatic heterocycles. The number of nitrogens with zero attached hydrogens (tertiary/aromatic N) is 1. The zero-order valence-corrected chi connectivity index (χ0v) is 14.0. The molecule has 0 aliphatic carbocycles. The molecule has 0 amide bonds. The number of thioether (sulfide) groups is 1. The van der Waals surface area contributed by atoms with E-state index in [0.717, 1.165) is 43.3 Å². The molecule has 0 N–H and O–H groups in total. The van der Waals surface area contributed by atoms with Gasteiger partial charge in [0.15, 0.2) is 6.29 Å². The van der Waals surface area contributed by atoms with Gasteiger partial charge in [-0.1, -0.05) is 12.8 Å². The number of nitriles is 1. The van der Waals surface area contributed by atoms with Gasteiger partial charge in [-0.2, -0.15) is 5.26 Å². The molecule has 21 heavy (non-hydrogen) atoms. The fraction of sp³-hybridized carbons (Fsp3) is 0.750. The summed E-state index contributed by atoms with van der Waals surface area (Å²) in [6.45, 7) is 5.13. The molecule has 120 valence electrons. The lowest BCUT2D eigenvalue weighted by Crippen LogP contribution is -2.20. The summed E-state index contributed by atoms with van der Waals surface area (Å²) in [7, 11) is 0. The number of aldehydes is 1. The first-order chi connectivity index (χ1) is 10.3. The third-order valence-electron chi connectivity index (χ3n) is 2.83. The lowest BCUT2D eigenvalue weighted by atomic mass is 10.1. The van der Waals surface area contributed by atoms with Crippen LogP contribution < -0.4 is 0 Å². The van der Waals surface area contributed by atoms with Crippen molar-refractivity contribution in [3.05, 3.63) is 11.0 Å². The average Bonchev–Trinajstić information content (AvgIpc) is 2.48. The molecule has 0 atom stereocenters. The lowest BCUT2D eigenvalue weighted by molar-refractivity contribution is -0.120. The molecule has 0 aromatic carbocycles. The third kappa shape index (κ3) is 12.6. The Balaban J connectivity index is 3.98. The van der Waals surface area contributed by atoms with Crippen molar-refractivity contribution < 1.29 is 14.3 Å². The third-order valence-corrected chi connectivity index (χ3v) is 3.98. The monoisotopic (exact) mass is 313 g/mol. The van der Waals surface area contributed by atoms with Crippen molar-refractivity contribution in [3.8, 4) is 6.07 Å². The van der Waals surface area contributed by atoms with E-state index in [1.807, 2.05) is 13.8 Å². The predicted molar refractivity (Wildman–Crippen MR) is 87.0 cm³/mol. The van der Waals surface area contributed by atoms with Crippen LogP contribution in [-0.2, 0) is 14.3 Å². The standard InChI is InChI=1S/C16H27NO3S/c1-3-19-16(20-4-2)14-21-15(11-13-18)10-8-6-5-7-9-12-17/h11,13,16H,3-10,14H2,1-2H3. The highest BCUT2D eigenvalue weighted by molar-refractivity contribution is 8.03. The molecule has 0 saturated carbocycles. The van der Waals surface area contributed by atoms with Gasteiger partial charge in [0, 0.05) is 25.4 Å². The van der Waals surface area contributed by atoms with Gasteiger partial charge < -0.3 is 9.47 Å². The van der Waals surface area contributed by atoms with Gasteiger partial charge in [-0.15, -0.1) is 11.8 Å². The Kier molecular flexibility index (Phi) is 14.9. The van der Waals surface area contributed by atoms with Gasteiger partial charge in [0.2, 0.25) is 0 Å². The van der Waals surface area contributed by atoms with Crippen LogP contribution in [0.1, 0.15) is 52.4 Å². The van der Waals surface area contributed by atoms with Crippen LogP contribution in [0.3, 0.4) is 0 Å². The summed E-state index contributed by atoms with van der Waals surface area (Å²) in [5, 5.41) is 8.47. The van der Waals surface area contributed by atoms with E-state index in [0.29, 0.717) is 25.4 Å². The van der Waals surface area contributed by atoms with Crippen molar-refractivity contribution in [2.24, 2.45) is 0 Å². The molecule has 0 saturated heterocycles. The number of allylic oxidation sites excluding steroid dienone is 2. The number of hydrogen-bond acceptors (Lipinski definition) is 5. The summed E-state index contributed by atoms with van der Waals surface area (Å²) in [5.41, 5.74) is 0. The minimum absolute atomic E-state index is 0.212. The maximum absolute atomic E-state index is 10.7. The van der Waals surface area contributed by atoms with Crippen LogP contribution in [0.25, 0.3) is 0 Å². The smallest absolute Gasteiger partial charge is 0.166 e. The van der Waals surface area contributed by atoms with Crippen LogP contribution in [0, 0.1) is 11.3 Å². The number of rotatable bonds is 14. The Bertz CT molecular complexity index is 320. The van der Waals surface area contributed by atoms with Crippen LogP contribution in [-0.4, -0.2) is 31.5 Å². The van der Waals surface area contributed by atoms with E-state index in [-0.39, 0.29) is 6.29 Å². The van der Waals surface area contributed by atoms with Gasteiger partial charge in [-0.3, -0.25) is 4.79 Å². The van der Waals surface area contributed by atoms with E-state index < -0.39 is 0 Å². The summed E-state index contributed by atoms with van der Waals surface area (Å²) in [6.07, 6.45) is 7.99. The summed E-state index contributed by atoms with van der Waals surface area (Å²) < 4.78 is 11.0. The van der Waals surface area contributed by atoms with E-state index in [4.69, 9.17) is 14.7 Å². The summed E-state index contributed by atoms with van der Waals surface area (Å²) in [6, 6.07) is 2.15. The Morgan fingerprint density at radius 2 is 1.86 bits per heavy atom. The Morgan fingerprint density at radius 3 is 2.43 bits per heavy atom. The van der Waals surface area contributed by atoms with Crippen molar-refractivity contribution in [2.75, 3.05) is 19.0 Å². The number of hydrogen-bond donors (Lipinski definition) is 0. The molecular weight excluding hydrogens is 286 g/mol. The second kappa shape index (κ2) is 15.6. The highest BCUT2D eigenvalue weighted by atomic mass is 32.2. The zero-order valence-electron chi connectivity index (χ0n) is 13.2. The Labute approximate surface area is 132 Å². The van der Waals surface area contributed by atoms with Crippen molar-refractivity contribution in [1.82, 2.24) is 0 Å². The topological polar surface area (TPSA) is 59.3 Å². The number of carbonyl (C=O) groups is 1. The van der Waals surface area contributed by atoms with E-state index in [1.54, 1.807) is 17.8 Å². The van der Waals surface area contributed by atoms with E-state index in [9.17, 15) is 4.79 Å². The van der Waals surface area contributed by atoms with Crippen LogP contribution in [0.15, 0.2) is 11.0 Å². The average molecular weight is 313 g/mol. The van der Waals surface area contributed by atoms with Gasteiger partial charge in [0.25, 0.3) is 0 Å². The molecule has 0 heterocycles. The number of carbonyl (C=O) groups excluding carboxylic acids is 1. The summed E-state index contributed by atoms with van der Waals surface area (Å²) in [5.74, 6) is 0.704. The van der Waals surface area contributed by atoms with Crippen LogP contribution >= 0.6 is 11.8 Å². The molecule has 0 spiro atoms.